The molecule has 0 heterocycles. The summed E-state index contributed by atoms with van der Waals surface area (Å²) in [6.07, 6.45) is 1.24. The minimum Gasteiger partial charge on any atom is -0.374 e. The summed E-state index contributed by atoms with van der Waals surface area (Å²) in [7, 11) is 2.19. The van der Waals surface area contributed by atoms with Gasteiger partial charge in [-0.15, -0.1) is 0 Å². The molecule has 0 saturated heterocycles. The Morgan fingerprint density at radius 1 is 1.28 bits per heavy atom. The van der Waals surface area contributed by atoms with Gasteiger partial charge in [-0.25, -0.2) is 0 Å². The third-order valence-corrected chi connectivity index (χ3v) is 3.61. The first-order valence-electron chi connectivity index (χ1n) is 7.09. The number of hydrogen-bond donors (Lipinski definition) is 1. The Hall–Kier alpha value is -1.02. The summed E-state index contributed by atoms with van der Waals surface area (Å²) in [4.78, 5) is 2.36. The van der Waals surface area contributed by atoms with Gasteiger partial charge in [-0.05, 0) is 42.6 Å². The monoisotopic (exact) mass is 248 g/mol. The minimum absolute atomic E-state index is 0.747. The van der Waals surface area contributed by atoms with Gasteiger partial charge in [0.15, 0.2) is 0 Å². The van der Waals surface area contributed by atoms with Crippen molar-refractivity contribution in [2.24, 2.45) is 5.92 Å². The molecule has 0 aliphatic carbocycles. The third kappa shape index (κ3) is 4.34. The number of aryl methyl sites for hydroxylation is 1. The molecular formula is C16H28N2. The molecule has 1 rings (SSSR count). The van der Waals surface area contributed by atoms with Crippen molar-refractivity contribution in [1.29, 1.82) is 0 Å². The van der Waals surface area contributed by atoms with Gasteiger partial charge in [-0.1, -0.05) is 33.3 Å². The van der Waals surface area contributed by atoms with Crippen molar-refractivity contribution in [2.45, 2.75) is 40.7 Å². The topological polar surface area (TPSA) is 15.3 Å². The Kier molecular flexibility index (Phi) is 6.20. The van der Waals surface area contributed by atoms with Gasteiger partial charge >= 0.3 is 0 Å². The zero-order valence-electron chi connectivity index (χ0n) is 12.6. The highest BCUT2D eigenvalue weighted by Gasteiger charge is 2.07. The fourth-order valence-electron chi connectivity index (χ4n) is 2.08. The molecule has 102 valence electrons. The van der Waals surface area contributed by atoms with Crippen molar-refractivity contribution in [1.82, 2.24) is 5.32 Å². The van der Waals surface area contributed by atoms with Crippen LogP contribution in [0.5, 0.6) is 0 Å². The van der Waals surface area contributed by atoms with Crippen LogP contribution in [0, 0.1) is 12.8 Å². The van der Waals surface area contributed by atoms with E-state index in [4.69, 9.17) is 0 Å². The van der Waals surface area contributed by atoms with Gasteiger partial charge in [-0.3, -0.25) is 0 Å². The molecule has 2 nitrogen and oxygen atoms in total. The van der Waals surface area contributed by atoms with Crippen LogP contribution in [0.25, 0.3) is 0 Å². The zero-order chi connectivity index (χ0) is 13.5. The molecule has 0 amide bonds. The van der Waals surface area contributed by atoms with Crippen molar-refractivity contribution >= 4 is 5.69 Å². The lowest BCUT2D eigenvalue weighted by Gasteiger charge is -2.23. The second-order valence-corrected chi connectivity index (χ2v) is 5.29. The number of hydrogen-bond acceptors (Lipinski definition) is 2. The predicted octanol–water partition coefficient (Wildman–Crippen LogP) is 3.59. The van der Waals surface area contributed by atoms with E-state index in [1.807, 2.05) is 0 Å². The van der Waals surface area contributed by atoms with Crippen LogP contribution in [-0.2, 0) is 6.54 Å². The second-order valence-electron chi connectivity index (χ2n) is 5.29. The Bertz CT molecular complexity index is 360. The maximum absolute atomic E-state index is 3.38. The van der Waals surface area contributed by atoms with Gasteiger partial charge in [0.25, 0.3) is 0 Å². The van der Waals surface area contributed by atoms with E-state index in [2.05, 4.69) is 63.2 Å². The molecule has 0 saturated carbocycles. The van der Waals surface area contributed by atoms with Gasteiger partial charge in [0.05, 0.1) is 0 Å². The van der Waals surface area contributed by atoms with E-state index in [1.165, 1.54) is 23.2 Å². The highest BCUT2D eigenvalue weighted by molar-refractivity contribution is 5.50. The van der Waals surface area contributed by atoms with Gasteiger partial charge in [-0.2, -0.15) is 0 Å². The first-order chi connectivity index (χ1) is 8.58. The molecule has 0 spiro atoms. The maximum Gasteiger partial charge on any atom is 0.0366 e. The quantitative estimate of drug-likeness (QED) is 0.793. The predicted molar refractivity (Wildman–Crippen MR) is 81.3 cm³/mol. The van der Waals surface area contributed by atoms with E-state index < -0.39 is 0 Å². The molecule has 1 N–H and O–H groups in total. The van der Waals surface area contributed by atoms with Crippen molar-refractivity contribution in [3.8, 4) is 0 Å². The standard InChI is InChI=1S/C16H28N2/c1-6-13(3)12-18(5)16-9-8-15(11-17-7-2)14(4)10-16/h8-10,13,17H,6-7,11-12H2,1-5H3. The molecule has 1 aromatic rings. The fraction of sp³-hybridized carbons (Fsp3) is 0.625. The molecule has 0 fully saturated rings. The van der Waals surface area contributed by atoms with E-state index in [0.29, 0.717) is 0 Å². The summed E-state index contributed by atoms with van der Waals surface area (Å²) in [6, 6.07) is 6.79. The summed E-state index contributed by atoms with van der Waals surface area (Å²) in [6.45, 7) is 12.0. The summed E-state index contributed by atoms with van der Waals surface area (Å²) in [5.74, 6) is 0.747. The lowest BCUT2D eigenvalue weighted by molar-refractivity contribution is 0.560. The highest BCUT2D eigenvalue weighted by Crippen LogP contribution is 2.19. The molecule has 0 aromatic heterocycles. The molecule has 0 aliphatic rings. The lowest BCUT2D eigenvalue weighted by Crippen LogP contribution is -2.23. The summed E-state index contributed by atoms with van der Waals surface area (Å²) < 4.78 is 0. The van der Waals surface area contributed by atoms with E-state index in [-0.39, 0.29) is 0 Å². The average molecular weight is 248 g/mol. The second kappa shape index (κ2) is 7.42. The van der Waals surface area contributed by atoms with Crippen LogP contribution in [0.2, 0.25) is 0 Å². The van der Waals surface area contributed by atoms with E-state index in [9.17, 15) is 0 Å². The van der Waals surface area contributed by atoms with Gasteiger partial charge in [0.1, 0.15) is 0 Å². The molecule has 1 atom stereocenters. The minimum atomic E-state index is 0.747. The van der Waals surface area contributed by atoms with E-state index >= 15 is 0 Å². The number of anilines is 1. The zero-order valence-corrected chi connectivity index (χ0v) is 12.6. The van der Waals surface area contributed by atoms with Crippen molar-refractivity contribution < 1.29 is 0 Å². The van der Waals surface area contributed by atoms with Crippen LogP contribution in [-0.4, -0.2) is 20.1 Å². The van der Waals surface area contributed by atoms with Gasteiger partial charge < -0.3 is 10.2 Å². The van der Waals surface area contributed by atoms with Crippen molar-refractivity contribution in [3.63, 3.8) is 0 Å². The Morgan fingerprint density at radius 2 is 2.00 bits per heavy atom. The highest BCUT2D eigenvalue weighted by atomic mass is 15.1. The SMILES string of the molecule is CCNCc1ccc(N(C)CC(C)CC)cc1C. The Balaban J connectivity index is 2.70. The number of rotatable bonds is 7. The van der Waals surface area contributed by atoms with Crippen LogP contribution < -0.4 is 10.2 Å². The van der Waals surface area contributed by atoms with Gasteiger partial charge in [0.2, 0.25) is 0 Å². The van der Waals surface area contributed by atoms with Crippen molar-refractivity contribution in [3.05, 3.63) is 29.3 Å². The van der Waals surface area contributed by atoms with E-state index in [1.54, 1.807) is 0 Å². The van der Waals surface area contributed by atoms with Crippen LogP contribution in [0.3, 0.4) is 0 Å². The fourth-order valence-corrected chi connectivity index (χ4v) is 2.08. The number of nitrogens with one attached hydrogen (secondary N) is 1. The molecule has 18 heavy (non-hydrogen) atoms. The maximum atomic E-state index is 3.38. The lowest BCUT2D eigenvalue weighted by atomic mass is 10.1. The molecule has 0 radical (unpaired) electrons. The summed E-state index contributed by atoms with van der Waals surface area (Å²) in [5, 5.41) is 3.38. The summed E-state index contributed by atoms with van der Waals surface area (Å²) >= 11 is 0. The first-order valence-corrected chi connectivity index (χ1v) is 7.09. The molecule has 0 bridgehead atoms. The smallest absolute Gasteiger partial charge is 0.0366 e. The summed E-state index contributed by atoms with van der Waals surface area (Å²) in [5.41, 5.74) is 4.11. The van der Waals surface area contributed by atoms with Crippen LogP contribution in [0.4, 0.5) is 5.69 Å². The van der Waals surface area contributed by atoms with Crippen LogP contribution in [0.1, 0.15) is 38.3 Å². The van der Waals surface area contributed by atoms with E-state index in [0.717, 1.165) is 25.6 Å². The molecular weight excluding hydrogens is 220 g/mol. The van der Waals surface area contributed by atoms with Crippen molar-refractivity contribution in [2.75, 3.05) is 25.0 Å². The normalized spacial score (nSPS) is 12.5. The van der Waals surface area contributed by atoms with Crippen LogP contribution >= 0.6 is 0 Å². The molecule has 1 aromatic carbocycles. The van der Waals surface area contributed by atoms with Crippen LogP contribution in [0.15, 0.2) is 18.2 Å². The number of nitrogens with zero attached hydrogens (tertiary/aromatic N) is 1. The molecule has 2 heteroatoms. The molecule has 1 unspecified atom stereocenters. The largest absolute Gasteiger partial charge is 0.374 e. The average Bonchev–Trinajstić information content (AvgIpc) is 2.37. The molecule has 0 aliphatic heterocycles. The number of benzene rings is 1. The Labute approximate surface area is 112 Å². The Morgan fingerprint density at radius 3 is 2.56 bits per heavy atom. The van der Waals surface area contributed by atoms with Gasteiger partial charge in [0, 0.05) is 25.8 Å². The third-order valence-electron chi connectivity index (χ3n) is 3.61. The first kappa shape index (κ1) is 15.0.